The Balaban J connectivity index is 2.39. The number of morpholine rings is 1. The number of hydrogen-bond acceptors (Lipinski definition) is 4. The van der Waals surface area contributed by atoms with Gasteiger partial charge in [-0.25, -0.2) is 4.39 Å². The second kappa shape index (κ2) is 5.65. The maximum Gasteiger partial charge on any atom is 0.130 e. The minimum Gasteiger partial charge on any atom is -0.394 e. The molecule has 0 aliphatic carbocycles. The minimum atomic E-state index is -0.386. The van der Waals surface area contributed by atoms with Crippen LogP contribution in [-0.2, 0) is 4.74 Å². The summed E-state index contributed by atoms with van der Waals surface area (Å²) in [4.78, 5) is 1.98. The number of rotatable bonds is 3. The zero-order chi connectivity index (χ0) is 13.1. The maximum atomic E-state index is 13.9. The normalized spacial score (nSPS) is 22.0. The molecule has 0 radical (unpaired) electrons. The fraction of sp³-hybridized carbons (Fsp3) is 0.538. The van der Waals surface area contributed by atoms with Crippen molar-refractivity contribution in [2.75, 3.05) is 31.3 Å². The number of aliphatic hydroxyl groups excluding tert-OH is 1. The Labute approximate surface area is 106 Å². The van der Waals surface area contributed by atoms with Crippen molar-refractivity contribution in [3.8, 4) is 0 Å². The van der Waals surface area contributed by atoms with E-state index >= 15 is 0 Å². The molecule has 0 bridgehead atoms. The predicted octanol–water partition coefficient (Wildman–Crippen LogP) is 1.04. The standard InChI is InChI=1S/C13H19FN2O2/c1-9(15)13-11(14)3-2-4-12(13)16-5-6-18-8-10(16)7-17/h2-4,9-10,17H,5-8,15H2,1H3/t9-,10?/m0/s1. The number of benzene rings is 1. The molecule has 1 unspecified atom stereocenters. The molecule has 0 saturated carbocycles. The van der Waals surface area contributed by atoms with Gasteiger partial charge in [0, 0.05) is 23.8 Å². The molecule has 0 spiro atoms. The van der Waals surface area contributed by atoms with Crippen LogP contribution >= 0.6 is 0 Å². The van der Waals surface area contributed by atoms with Gasteiger partial charge in [0.1, 0.15) is 5.82 Å². The summed E-state index contributed by atoms with van der Waals surface area (Å²) >= 11 is 0. The summed E-state index contributed by atoms with van der Waals surface area (Å²) < 4.78 is 19.2. The maximum absolute atomic E-state index is 13.9. The summed E-state index contributed by atoms with van der Waals surface area (Å²) in [6.07, 6.45) is 0. The van der Waals surface area contributed by atoms with E-state index in [1.165, 1.54) is 6.07 Å². The molecule has 2 atom stereocenters. The molecule has 1 aliphatic heterocycles. The van der Waals surface area contributed by atoms with Crippen LogP contribution in [0.5, 0.6) is 0 Å². The van der Waals surface area contributed by atoms with Crippen molar-refractivity contribution in [2.45, 2.75) is 19.0 Å². The van der Waals surface area contributed by atoms with Gasteiger partial charge in [-0.15, -0.1) is 0 Å². The zero-order valence-electron chi connectivity index (χ0n) is 10.5. The fourth-order valence-corrected chi connectivity index (χ4v) is 2.35. The van der Waals surface area contributed by atoms with E-state index in [1.54, 1.807) is 13.0 Å². The van der Waals surface area contributed by atoms with Crippen molar-refractivity contribution in [1.29, 1.82) is 0 Å². The first kappa shape index (κ1) is 13.3. The van der Waals surface area contributed by atoms with E-state index in [0.717, 1.165) is 5.69 Å². The first-order valence-corrected chi connectivity index (χ1v) is 6.14. The van der Waals surface area contributed by atoms with Gasteiger partial charge in [-0.3, -0.25) is 0 Å². The van der Waals surface area contributed by atoms with E-state index in [9.17, 15) is 9.50 Å². The van der Waals surface area contributed by atoms with Crippen molar-refractivity contribution < 1.29 is 14.2 Å². The molecule has 100 valence electrons. The van der Waals surface area contributed by atoms with Crippen LogP contribution in [0, 0.1) is 5.82 Å². The summed E-state index contributed by atoms with van der Waals surface area (Å²) in [5.74, 6) is -0.300. The van der Waals surface area contributed by atoms with Gasteiger partial charge >= 0.3 is 0 Å². The van der Waals surface area contributed by atoms with Crippen molar-refractivity contribution >= 4 is 5.69 Å². The van der Waals surface area contributed by atoms with E-state index in [-0.39, 0.29) is 24.5 Å². The van der Waals surface area contributed by atoms with Crippen molar-refractivity contribution in [2.24, 2.45) is 5.73 Å². The van der Waals surface area contributed by atoms with E-state index in [0.29, 0.717) is 25.3 Å². The molecular formula is C13H19FN2O2. The molecular weight excluding hydrogens is 235 g/mol. The van der Waals surface area contributed by atoms with Crippen LogP contribution in [0.3, 0.4) is 0 Å². The highest BCUT2D eigenvalue weighted by molar-refractivity contribution is 5.56. The topological polar surface area (TPSA) is 58.7 Å². The van der Waals surface area contributed by atoms with Crippen LogP contribution < -0.4 is 10.6 Å². The van der Waals surface area contributed by atoms with Crippen molar-refractivity contribution in [3.05, 3.63) is 29.6 Å². The number of nitrogens with zero attached hydrogens (tertiary/aromatic N) is 1. The number of hydrogen-bond donors (Lipinski definition) is 2. The van der Waals surface area contributed by atoms with E-state index in [2.05, 4.69) is 0 Å². The molecule has 1 aromatic rings. The first-order valence-electron chi connectivity index (χ1n) is 6.14. The molecule has 1 saturated heterocycles. The van der Waals surface area contributed by atoms with E-state index < -0.39 is 0 Å². The molecule has 1 fully saturated rings. The molecule has 2 rings (SSSR count). The second-order valence-electron chi connectivity index (χ2n) is 4.57. The lowest BCUT2D eigenvalue weighted by Crippen LogP contribution is -2.48. The first-order chi connectivity index (χ1) is 8.65. The summed E-state index contributed by atoms with van der Waals surface area (Å²) in [7, 11) is 0. The Bertz CT molecular complexity index is 412. The molecule has 1 aromatic carbocycles. The predicted molar refractivity (Wildman–Crippen MR) is 68.0 cm³/mol. The molecule has 0 amide bonds. The smallest absolute Gasteiger partial charge is 0.130 e. The van der Waals surface area contributed by atoms with Crippen LogP contribution in [0.4, 0.5) is 10.1 Å². The highest BCUT2D eigenvalue weighted by Crippen LogP contribution is 2.30. The Hall–Kier alpha value is -1.17. The van der Waals surface area contributed by atoms with Crippen molar-refractivity contribution in [3.63, 3.8) is 0 Å². The Morgan fingerprint density at radius 2 is 2.39 bits per heavy atom. The summed E-state index contributed by atoms with van der Waals surface area (Å²) in [5, 5.41) is 9.37. The van der Waals surface area contributed by atoms with Crippen LogP contribution in [0.15, 0.2) is 18.2 Å². The third-order valence-electron chi connectivity index (χ3n) is 3.23. The van der Waals surface area contributed by atoms with Gasteiger partial charge < -0.3 is 20.5 Å². The number of nitrogens with two attached hydrogens (primary N) is 1. The molecule has 5 heteroatoms. The average molecular weight is 254 g/mol. The highest BCUT2D eigenvalue weighted by Gasteiger charge is 2.26. The monoisotopic (exact) mass is 254 g/mol. The number of halogens is 1. The van der Waals surface area contributed by atoms with Crippen LogP contribution in [0.2, 0.25) is 0 Å². The lowest BCUT2D eigenvalue weighted by atomic mass is 10.0. The van der Waals surface area contributed by atoms with Gasteiger partial charge in [0.25, 0.3) is 0 Å². The Kier molecular flexibility index (Phi) is 4.16. The molecule has 1 heterocycles. The highest BCUT2D eigenvalue weighted by atomic mass is 19.1. The average Bonchev–Trinajstić information content (AvgIpc) is 2.38. The summed E-state index contributed by atoms with van der Waals surface area (Å²) in [6, 6.07) is 4.40. The van der Waals surface area contributed by atoms with Crippen LogP contribution in [0.1, 0.15) is 18.5 Å². The fourth-order valence-electron chi connectivity index (χ4n) is 2.35. The van der Waals surface area contributed by atoms with E-state index in [1.807, 2.05) is 11.0 Å². The SMILES string of the molecule is C[C@H](N)c1c(F)cccc1N1CCOCC1CO. The Morgan fingerprint density at radius 3 is 3.06 bits per heavy atom. The third-order valence-corrected chi connectivity index (χ3v) is 3.23. The van der Waals surface area contributed by atoms with Gasteiger partial charge in [0.05, 0.1) is 25.9 Å². The van der Waals surface area contributed by atoms with Gasteiger partial charge in [0.2, 0.25) is 0 Å². The Morgan fingerprint density at radius 1 is 1.61 bits per heavy atom. The second-order valence-corrected chi connectivity index (χ2v) is 4.57. The largest absolute Gasteiger partial charge is 0.394 e. The minimum absolute atomic E-state index is 0.0189. The van der Waals surface area contributed by atoms with E-state index in [4.69, 9.17) is 10.5 Å². The number of anilines is 1. The lowest BCUT2D eigenvalue weighted by Gasteiger charge is -2.38. The van der Waals surface area contributed by atoms with Gasteiger partial charge in [-0.05, 0) is 19.1 Å². The molecule has 3 N–H and O–H groups in total. The van der Waals surface area contributed by atoms with Gasteiger partial charge in [-0.2, -0.15) is 0 Å². The number of ether oxygens (including phenoxy) is 1. The summed E-state index contributed by atoms with van der Waals surface area (Å²) in [6.45, 7) is 3.40. The quantitative estimate of drug-likeness (QED) is 0.846. The zero-order valence-corrected chi connectivity index (χ0v) is 10.5. The van der Waals surface area contributed by atoms with Crippen LogP contribution in [0.25, 0.3) is 0 Å². The lowest BCUT2D eigenvalue weighted by molar-refractivity contribution is 0.0725. The summed E-state index contributed by atoms with van der Waals surface area (Å²) in [5.41, 5.74) is 7.10. The molecule has 4 nitrogen and oxygen atoms in total. The molecule has 1 aliphatic rings. The van der Waals surface area contributed by atoms with Gasteiger partial charge in [-0.1, -0.05) is 6.07 Å². The number of aliphatic hydroxyl groups is 1. The van der Waals surface area contributed by atoms with Gasteiger partial charge in [0.15, 0.2) is 0 Å². The van der Waals surface area contributed by atoms with Crippen molar-refractivity contribution in [1.82, 2.24) is 0 Å². The third kappa shape index (κ3) is 2.48. The molecule has 0 aromatic heterocycles. The van der Waals surface area contributed by atoms with Crippen LogP contribution in [-0.4, -0.2) is 37.5 Å². The molecule has 18 heavy (non-hydrogen) atoms.